The Labute approximate surface area is 92.3 Å². The van der Waals surface area contributed by atoms with Gasteiger partial charge in [0.25, 0.3) is 0 Å². The predicted molar refractivity (Wildman–Crippen MR) is 51.0 cm³/mol. The van der Waals surface area contributed by atoms with Crippen LogP contribution in [0.2, 0.25) is 0 Å². The number of aromatic nitrogens is 4. The number of rotatable bonds is 1. The van der Waals surface area contributed by atoms with Crippen LogP contribution in [0.3, 0.4) is 0 Å². The topological polar surface area (TPSA) is 83.6 Å². The van der Waals surface area contributed by atoms with E-state index in [0.29, 0.717) is 0 Å². The number of nitrogens with zero attached hydrogens (tertiary/aromatic N) is 3. The average Bonchev–Trinajstić information content (AvgIpc) is 2.60. The number of fused-ring (bicyclic) bond motifs is 1. The van der Waals surface area contributed by atoms with Crippen LogP contribution in [0.1, 0.15) is 12.7 Å². The Hall–Kier alpha value is -2.19. The molecular weight excluding hydrogens is 239 g/mol. The maximum absolute atomic E-state index is 12.4. The van der Waals surface area contributed by atoms with Gasteiger partial charge >= 0.3 is 6.18 Å². The summed E-state index contributed by atoms with van der Waals surface area (Å²) in [5.41, 5.74) is -0.217. The van der Waals surface area contributed by atoms with E-state index in [-0.39, 0.29) is 17.0 Å². The molecule has 0 aromatic carbocycles. The fraction of sp³-hybridized carbons (Fsp3) is 0.250. The van der Waals surface area contributed by atoms with Crippen molar-refractivity contribution in [1.82, 2.24) is 19.9 Å². The molecule has 0 spiro atoms. The van der Waals surface area contributed by atoms with Crippen molar-refractivity contribution in [3.63, 3.8) is 0 Å². The highest BCUT2D eigenvalue weighted by molar-refractivity contribution is 5.95. The number of carbonyl (C=O) groups excluding carboxylic acids is 1. The molecule has 0 saturated carbocycles. The van der Waals surface area contributed by atoms with Crippen molar-refractivity contribution in [1.29, 1.82) is 0 Å². The molecule has 2 aromatic heterocycles. The van der Waals surface area contributed by atoms with Gasteiger partial charge in [0, 0.05) is 6.92 Å². The Balaban J connectivity index is 2.57. The van der Waals surface area contributed by atoms with E-state index in [4.69, 9.17) is 0 Å². The van der Waals surface area contributed by atoms with E-state index in [9.17, 15) is 18.0 Å². The number of anilines is 1. The summed E-state index contributed by atoms with van der Waals surface area (Å²) in [6.07, 6.45) is -3.58. The van der Waals surface area contributed by atoms with Crippen molar-refractivity contribution >= 4 is 22.9 Å². The summed E-state index contributed by atoms with van der Waals surface area (Å²) in [5, 5.41) is 2.28. The smallest absolute Gasteiger partial charge is 0.330 e. The summed E-state index contributed by atoms with van der Waals surface area (Å²) in [7, 11) is 0. The summed E-state index contributed by atoms with van der Waals surface area (Å²) in [4.78, 5) is 23.4. The van der Waals surface area contributed by atoms with Crippen molar-refractivity contribution in [2.75, 3.05) is 5.32 Å². The molecule has 0 fully saturated rings. The lowest BCUT2D eigenvalue weighted by atomic mass is 10.5. The first-order chi connectivity index (χ1) is 7.88. The molecule has 9 heteroatoms. The third-order valence-electron chi connectivity index (χ3n) is 1.85. The SMILES string of the molecule is CC(=O)Nc1ncnc2nc(C(F)(F)F)[nH]c12. The van der Waals surface area contributed by atoms with Crippen LogP contribution in [0, 0.1) is 0 Å². The molecule has 17 heavy (non-hydrogen) atoms. The molecule has 1 amide bonds. The van der Waals surface area contributed by atoms with Crippen molar-refractivity contribution in [2.24, 2.45) is 0 Å². The van der Waals surface area contributed by atoms with Crippen LogP contribution in [0.4, 0.5) is 19.0 Å². The summed E-state index contributed by atoms with van der Waals surface area (Å²) >= 11 is 0. The number of hydrogen-bond acceptors (Lipinski definition) is 4. The lowest BCUT2D eigenvalue weighted by Crippen LogP contribution is -2.08. The number of imidazole rings is 1. The summed E-state index contributed by atoms with van der Waals surface area (Å²) in [5.74, 6) is -1.67. The quantitative estimate of drug-likeness (QED) is 0.793. The maximum atomic E-state index is 12.4. The van der Waals surface area contributed by atoms with Crippen LogP contribution >= 0.6 is 0 Å². The predicted octanol–water partition coefficient (Wildman–Crippen LogP) is 1.33. The van der Waals surface area contributed by atoms with E-state index in [1.54, 1.807) is 0 Å². The highest BCUT2D eigenvalue weighted by Crippen LogP contribution is 2.29. The molecule has 0 aliphatic rings. The van der Waals surface area contributed by atoms with Gasteiger partial charge in [0.2, 0.25) is 11.7 Å². The van der Waals surface area contributed by atoms with Gasteiger partial charge in [-0.25, -0.2) is 15.0 Å². The third kappa shape index (κ3) is 2.17. The van der Waals surface area contributed by atoms with Crippen LogP contribution in [0.5, 0.6) is 0 Å². The second-order valence-corrected chi connectivity index (χ2v) is 3.19. The largest absolute Gasteiger partial charge is 0.449 e. The molecule has 2 aromatic rings. The standard InChI is InChI=1S/C8H6F3N5O/c1-3(17)14-5-4-6(13-2-12-5)16-7(15-4)8(9,10)11/h2H,1H3,(H2,12,13,14,15,16,17). The molecule has 6 nitrogen and oxygen atoms in total. The molecule has 2 N–H and O–H groups in total. The molecule has 0 unspecified atom stereocenters. The van der Waals surface area contributed by atoms with Crippen molar-refractivity contribution in [2.45, 2.75) is 13.1 Å². The number of carbonyl (C=O) groups is 1. The zero-order valence-electron chi connectivity index (χ0n) is 8.46. The van der Waals surface area contributed by atoms with E-state index in [0.717, 1.165) is 6.33 Å². The summed E-state index contributed by atoms with van der Waals surface area (Å²) < 4.78 is 37.2. The molecule has 0 radical (unpaired) electrons. The van der Waals surface area contributed by atoms with Gasteiger partial charge in [-0.05, 0) is 0 Å². The zero-order chi connectivity index (χ0) is 12.6. The fourth-order valence-electron chi connectivity index (χ4n) is 1.22. The van der Waals surface area contributed by atoms with Crippen LogP contribution in [0.25, 0.3) is 11.2 Å². The van der Waals surface area contributed by atoms with Crippen LogP contribution < -0.4 is 5.32 Å². The Morgan fingerprint density at radius 1 is 1.41 bits per heavy atom. The maximum Gasteiger partial charge on any atom is 0.449 e. The van der Waals surface area contributed by atoms with E-state index in [1.165, 1.54) is 6.92 Å². The molecule has 0 atom stereocenters. The van der Waals surface area contributed by atoms with Gasteiger partial charge in [-0.15, -0.1) is 0 Å². The Morgan fingerprint density at radius 2 is 2.12 bits per heavy atom. The van der Waals surface area contributed by atoms with Crippen LogP contribution in [-0.2, 0) is 11.0 Å². The average molecular weight is 245 g/mol. The minimum Gasteiger partial charge on any atom is -0.330 e. The Morgan fingerprint density at radius 3 is 2.71 bits per heavy atom. The van der Waals surface area contributed by atoms with Crippen molar-refractivity contribution < 1.29 is 18.0 Å². The number of nitrogens with one attached hydrogen (secondary N) is 2. The second-order valence-electron chi connectivity index (χ2n) is 3.19. The molecule has 90 valence electrons. The molecule has 2 rings (SSSR count). The van der Waals surface area contributed by atoms with E-state index < -0.39 is 17.9 Å². The van der Waals surface area contributed by atoms with Crippen LogP contribution in [0.15, 0.2) is 6.33 Å². The number of aromatic amines is 1. The van der Waals surface area contributed by atoms with E-state index >= 15 is 0 Å². The highest BCUT2D eigenvalue weighted by Gasteiger charge is 2.35. The second kappa shape index (κ2) is 3.68. The number of alkyl halides is 3. The van der Waals surface area contributed by atoms with Gasteiger partial charge in [-0.2, -0.15) is 13.2 Å². The van der Waals surface area contributed by atoms with Crippen molar-refractivity contribution in [3.05, 3.63) is 12.2 Å². The van der Waals surface area contributed by atoms with Gasteiger partial charge in [0.1, 0.15) is 11.8 Å². The monoisotopic (exact) mass is 245 g/mol. The van der Waals surface area contributed by atoms with Gasteiger partial charge in [0.05, 0.1) is 0 Å². The van der Waals surface area contributed by atoms with Gasteiger partial charge < -0.3 is 10.3 Å². The van der Waals surface area contributed by atoms with Gasteiger partial charge in [0.15, 0.2) is 11.5 Å². The Kier molecular flexibility index (Phi) is 2.45. The number of halogens is 3. The molecule has 0 bridgehead atoms. The van der Waals surface area contributed by atoms with E-state index in [2.05, 4.69) is 20.3 Å². The molecule has 0 aliphatic heterocycles. The van der Waals surface area contributed by atoms with Crippen LogP contribution in [-0.4, -0.2) is 25.8 Å². The van der Waals surface area contributed by atoms with E-state index in [1.807, 2.05) is 4.98 Å². The lowest BCUT2D eigenvalue weighted by molar-refractivity contribution is -0.144. The number of H-pyrrole nitrogens is 1. The lowest BCUT2D eigenvalue weighted by Gasteiger charge is -2.01. The first-order valence-corrected chi connectivity index (χ1v) is 4.43. The number of amides is 1. The first kappa shape index (κ1) is 11.3. The molecule has 0 saturated heterocycles. The minimum atomic E-state index is -4.60. The van der Waals surface area contributed by atoms with Gasteiger partial charge in [-0.3, -0.25) is 4.79 Å². The summed E-state index contributed by atoms with van der Waals surface area (Å²) in [6.45, 7) is 1.22. The van der Waals surface area contributed by atoms with Crippen molar-refractivity contribution in [3.8, 4) is 0 Å². The fourth-order valence-corrected chi connectivity index (χ4v) is 1.22. The third-order valence-corrected chi connectivity index (χ3v) is 1.85. The first-order valence-electron chi connectivity index (χ1n) is 4.43. The molecule has 2 heterocycles. The zero-order valence-corrected chi connectivity index (χ0v) is 8.46. The minimum absolute atomic E-state index is 0.0366. The Bertz CT molecular complexity index is 576. The molecular formula is C8H6F3N5O. The summed E-state index contributed by atoms with van der Waals surface area (Å²) in [6, 6.07) is 0. The highest BCUT2D eigenvalue weighted by atomic mass is 19.4. The van der Waals surface area contributed by atoms with Gasteiger partial charge in [-0.1, -0.05) is 0 Å². The number of hydrogen-bond donors (Lipinski definition) is 2. The molecule has 0 aliphatic carbocycles. The normalized spacial score (nSPS) is 11.8.